The molecule has 0 aliphatic rings. The third-order valence-corrected chi connectivity index (χ3v) is 3.25. The standard InChI is InChI=1S/C17H16F3NO.2ClH.Zr/c1-16(22,17(18,19)20)12-15(13-8-4-2-5-9-13)21-14-10-6-3-7-11-14;;;/h2-11,22H,12H2,1H3;2*1H;/q;;;+2/p-2. The Hall–Kier alpha value is -0.677. The van der Waals surface area contributed by atoms with Crippen molar-refractivity contribution in [3.8, 4) is 0 Å². The van der Waals surface area contributed by atoms with Gasteiger partial charge in [-0.25, -0.2) is 0 Å². The summed E-state index contributed by atoms with van der Waals surface area (Å²) in [4.78, 5) is 4.28. The number of nitrogens with zero attached hydrogens (tertiary/aromatic N) is 1. The van der Waals surface area contributed by atoms with Crippen LogP contribution in [0.15, 0.2) is 65.7 Å². The molecule has 0 spiro atoms. The summed E-state index contributed by atoms with van der Waals surface area (Å²) in [5.41, 5.74) is -1.56. The molecule has 0 heterocycles. The fourth-order valence-electron chi connectivity index (χ4n) is 1.92. The summed E-state index contributed by atoms with van der Waals surface area (Å²) in [5.74, 6) is 0. The maximum atomic E-state index is 12.9. The molecule has 8 heteroatoms. The van der Waals surface area contributed by atoms with Gasteiger partial charge in [-0.05, 0) is 24.6 Å². The van der Waals surface area contributed by atoms with E-state index in [-0.39, 0.29) is 5.71 Å². The molecule has 0 amide bonds. The predicted molar refractivity (Wildman–Crippen MR) is 92.1 cm³/mol. The van der Waals surface area contributed by atoms with Crippen molar-refractivity contribution in [2.45, 2.75) is 25.1 Å². The van der Waals surface area contributed by atoms with Crippen molar-refractivity contribution < 1.29 is 39.1 Å². The van der Waals surface area contributed by atoms with Crippen molar-refractivity contribution >= 4 is 28.4 Å². The Morgan fingerprint density at radius 1 is 1.00 bits per heavy atom. The fraction of sp³-hybridized carbons (Fsp3) is 0.235. The monoisotopic (exact) mass is 467 g/mol. The quantitative estimate of drug-likeness (QED) is 0.557. The second-order valence-corrected chi connectivity index (χ2v) is 9.01. The van der Waals surface area contributed by atoms with Gasteiger partial charge < -0.3 is 5.11 Å². The summed E-state index contributed by atoms with van der Waals surface area (Å²) >= 11 is -0.826. The van der Waals surface area contributed by atoms with Gasteiger partial charge in [-0.15, -0.1) is 0 Å². The number of benzene rings is 2. The molecule has 0 radical (unpaired) electrons. The molecule has 1 N–H and O–H groups in total. The third kappa shape index (κ3) is 7.61. The molecule has 2 nitrogen and oxygen atoms in total. The van der Waals surface area contributed by atoms with Gasteiger partial charge >= 0.3 is 44.1 Å². The molecule has 2 aromatic carbocycles. The van der Waals surface area contributed by atoms with Crippen molar-refractivity contribution in [2.75, 3.05) is 0 Å². The zero-order chi connectivity index (χ0) is 18.9. The van der Waals surface area contributed by atoms with Crippen molar-refractivity contribution in [3.05, 3.63) is 66.2 Å². The van der Waals surface area contributed by atoms with Gasteiger partial charge in [0.2, 0.25) is 0 Å². The SMILES string of the molecule is CC(O)(CC(=Nc1ccccc1)c1ccccc1)C(F)(F)F.[Cl][Zr][Cl]. The summed E-state index contributed by atoms with van der Waals surface area (Å²) in [6.45, 7) is 0.760. The normalized spacial score (nSPS) is 14.1. The zero-order valence-corrected chi connectivity index (χ0v) is 17.2. The first kappa shape index (κ1) is 22.4. The number of aliphatic hydroxyl groups is 1. The third-order valence-electron chi connectivity index (χ3n) is 3.25. The number of hydrogen-bond donors (Lipinski definition) is 1. The van der Waals surface area contributed by atoms with Crippen LogP contribution in [-0.4, -0.2) is 22.6 Å². The van der Waals surface area contributed by atoms with Gasteiger partial charge in [0.25, 0.3) is 0 Å². The van der Waals surface area contributed by atoms with E-state index in [9.17, 15) is 18.3 Å². The van der Waals surface area contributed by atoms with Gasteiger partial charge in [-0.2, -0.15) is 13.2 Å². The van der Waals surface area contributed by atoms with Crippen LogP contribution in [0.25, 0.3) is 0 Å². The number of alkyl halides is 3. The Balaban J connectivity index is 0.000000970. The molecule has 2 rings (SSSR count). The van der Waals surface area contributed by atoms with E-state index < -0.39 is 39.0 Å². The molecule has 0 bridgehead atoms. The number of para-hydroxylation sites is 1. The molecular weight excluding hydrogens is 453 g/mol. The van der Waals surface area contributed by atoms with Crippen molar-refractivity contribution in [3.63, 3.8) is 0 Å². The second kappa shape index (κ2) is 10.5. The summed E-state index contributed by atoms with van der Waals surface area (Å²) < 4.78 is 38.8. The van der Waals surface area contributed by atoms with Crippen LogP contribution in [0.2, 0.25) is 0 Å². The first-order valence-corrected chi connectivity index (χ1v) is 13.5. The van der Waals surface area contributed by atoms with Crippen LogP contribution in [0.4, 0.5) is 18.9 Å². The summed E-state index contributed by atoms with van der Waals surface area (Å²) in [7, 11) is 9.87. The van der Waals surface area contributed by atoms with Crippen LogP contribution in [0, 0.1) is 0 Å². The Morgan fingerprint density at radius 3 is 1.88 bits per heavy atom. The Bertz CT molecular complexity index is 665. The van der Waals surface area contributed by atoms with Gasteiger partial charge in [-0.3, -0.25) is 4.99 Å². The van der Waals surface area contributed by atoms with E-state index in [2.05, 4.69) is 4.99 Å². The van der Waals surface area contributed by atoms with Gasteiger partial charge in [0, 0.05) is 6.42 Å². The first-order valence-electron chi connectivity index (χ1n) is 7.14. The van der Waals surface area contributed by atoms with Crippen molar-refractivity contribution in [1.29, 1.82) is 0 Å². The zero-order valence-electron chi connectivity index (χ0n) is 13.3. The topological polar surface area (TPSA) is 32.6 Å². The predicted octanol–water partition coefficient (Wildman–Crippen LogP) is 5.89. The molecule has 0 aliphatic heterocycles. The van der Waals surface area contributed by atoms with Crippen LogP contribution in [-0.2, 0) is 20.8 Å². The molecule has 25 heavy (non-hydrogen) atoms. The van der Waals surface area contributed by atoms with Crippen molar-refractivity contribution in [1.82, 2.24) is 0 Å². The average Bonchev–Trinajstić information content (AvgIpc) is 2.55. The van der Waals surface area contributed by atoms with Gasteiger partial charge in [-0.1, -0.05) is 48.5 Å². The molecule has 0 saturated carbocycles. The minimum absolute atomic E-state index is 0.189. The molecule has 0 fully saturated rings. The number of halogens is 5. The molecule has 1 atom stereocenters. The second-order valence-electron chi connectivity index (χ2n) is 5.28. The van der Waals surface area contributed by atoms with Crippen LogP contribution in [0.1, 0.15) is 18.9 Å². The van der Waals surface area contributed by atoms with Crippen LogP contribution in [0.3, 0.4) is 0 Å². The van der Waals surface area contributed by atoms with Crippen LogP contribution >= 0.6 is 17.0 Å². The Morgan fingerprint density at radius 2 is 1.44 bits per heavy atom. The van der Waals surface area contributed by atoms with E-state index in [1.165, 1.54) is 0 Å². The van der Waals surface area contributed by atoms with Gasteiger partial charge in [0.05, 0.1) is 11.4 Å². The molecule has 0 aromatic heterocycles. The summed E-state index contributed by atoms with van der Waals surface area (Å²) in [6.07, 6.45) is -5.34. The van der Waals surface area contributed by atoms with Crippen molar-refractivity contribution in [2.24, 2.45) is 4.99 Å². The van der Waals surface area contributed by atoms with Crippen LogP contribution in [0.5, 0.6) is 0 Å². The van der Waals surface area contributed by atoms with E-state index in [1.807, 2.05) is 0 Å². The van der Waals surface area contributed by atoms with Gasteiger partial charge in [0.1, 0.15) is 0 Å². The molecule has 1 unspecified atom stereocenters. The molecule has 2 aromatic rings. The Labute approximate surface area is 163 Å². The molecule has 0 saturated heterocycles. The van der Waals surface area contributed by atoms with E-state index in [0.29, 0.717) is 11.3 Å². The van der Waals surface area contributed by atoms with Gasteiger partial charge in [0.15, 0.2) is 5.60 Å². The minimum atomic E-state index is -4.72. The molecule has 0 aliphatic carbocycles. The first-order chi connectivity index (χ1) is 11.7. The van der Waals surface area contributed by atoms with E-state index in [4.69, 9.17) is 17.0 Å². The number of hydrogen-bond acceptors (Lipinski definition) is 2. The van der Waals surface area contributed by atoms with E-state index in [1.54, 1.807) is 60.7 Å². The number of rotatable bonds is 4. The number of aliphatic imine (C=N–C) groups is 1. The molecular formula is C17H16Cl2F3NOZr. The van der Waals surface area contributed by atoms with E-state index >= 15 is 0 Å². The maximum absolute atomic E-state index is 12.9. The molecule has 134 valence electrons. The van der Waals surface area contributed by atoms with Crippen LogP contribution < -0.4 is 0 Å². The summed E-state index contributed by atoms with van der Waals surface area (Å²) in [6, 6.07) is 17.3. The average molecular weight is 469 g/mol. The fourth-order valence-corrected chi connectivity index (χ4v) is 1.92. The van der Waals surface area contributed by atoms with E-state index in [0.717, 1.165) is 6.92 Å². The summed E-state index contributed by atoms with van der Waals surface area (Å²) in [5, 5.41) is 9.75. The Kier molecular flexibility index (Phi) is 9.36.